The number of benzene rings is 2. The third kappa shape index (κ3) is 3.76. The first-order valence-electron chi connectivity index (χ1n) is 9.22. The molecule has 0 aliphatic heterocycles. The first kappa shape index (κ1) is 17.9. The van der Waals surface area contributed by atoms with Gasteiger partial charge in [-0.25, -0.2) is 14.6 Å². The summed E-state index contributed by atoms with van der Waals surface area (Å²) >= 11 is 0. The maximum Gasteiger partial charge on any atom is 0.251 e. The van der Waals surface area contributed by atoms with Crippen molar-refractivity contribution in [2.24, 2.45) is 0 Å². The molecule has 0 saturated heterocycles. The maximum atomic E-state index is 12.5. The van der Waals surface area contributed by atoms with Gasteiger partial charge in [-0.05, 0) is 56.2 Å². The minimum Gasteiger partial charge on any atom is -0.352 e. The number of para-hydroxylation sites is 1. The number of fused-ring (bicyclic) bond motifs is 1. The molecule has 140 valence electrons. The fourth-order valence-corrected chi connectivity index (χ4v) is 3.01. The number of amides is 1. The van der Waals surface area contributed by atoms with E-state index in [0.717, 1.165) is 33.7 Å². The van der Waals surface area contributed by atoms with Crippen molar-refractivity contribution in [3.63, 3.8) is 0 Å². The first-order valence-corrected chi connectivity index (χ1v) is 9.22. The van der Waals surface area contributed by atoms with Crippen LogP contribution in [0.1, 0.15) is 27.3 Å². The smallest absolute Gasteiger partial charge is 0.251 e. The van der Waals surface area contributed by atoms with E-state index in [2.05, 4.69) is 20.4 Å². The lowest BCUT2D eigenvalue weighted by atomic mass is 10.1. The van der Waals surface area contributed by atoms with Crippen LogP contribution in [-0.4, -0.2) is 32.2 Å². The van der Waals surface area contributed by atoms with Crippen LogP contribution in [0.4, 0.5) is 0 Å². The molecule has 0 aliphatic rings. The lowest BCUT2D eigenvalue weighted by Gasteiger charge is -2.07. The summed E-state index contributed by atoms with van der Waals surface area (Å²) in [6.07, 6.45) is 4.53. The van der Waals surface area contributed by atoms with E-state index in [1.165, 1.54) is 0 Å². The van der Waals surface area contributed by atoms with Gasteiger partial charge in [-0.2, -0.15) is 5.10 Å². The van der Waals surface area contributed by atoms with Crippen LogP contribution in [0, 0.1) is 13.8 Å². The van der Waals surface area contributed by atoms with Gasteiger partial charge in [-0.1, -0.05) is 18.2 Å². The van der Waals surface area contributed by atoms with Gasteiger partial charge in [0.15, 0.2) is 0 Å². The molecule has 0 atom stereocenters. The average molecular weight is 371 g/mol. The van der Waals surface area contributed by atoms with Crippen molar-refractivity contribution in [1.82, 2.24) is 25.1 Å². The molecular formula is C22H21N5O. The van der Waals surface area contributed by atoms with E-state index in [4.69, 9.17) is 0 Å². The Morgan fingerprint density at radius 2 is 1.75 bits per heavy atom. The second-order valence-corrected chi connectivity index (χ2v) is 6.73. The van der Waals surface area contributed by atoms with Crippen molar-refractivity contribution >= 4 is 16.9 Å². The van der Waals surface area contributed by atoms with Crippen LogP contribution < -0.4 is 5.32 Å². The van der Waals surface area contributed by atoms with Crippen molar-refractivity contribution in [3.8, 4) is 5.69 Å². The van der Waals surface area contributed by atoms with Gasteiger partial charge in [0.2, 0.25) is 0 Å². The number of aryl methyl sites for hydroxylation is 2. The molecule has 0 unspecified atom stereocenters. The van der Waals surface area contributed by atoms with Crippen molar-refractivity contribution < 1.29 is 4.79 Å². The lowest BCUT2D eigenvalue weighted by molar-refractivity contribution is 0.0954. The van der Waals surface area contributed by atoms with Crippen LogP contribution >= 0.6 is 0 Å². The van der Waals surface area contributed by atoms with Gasteiger partial charge < -0.3 is 5.32 Å². The Bertz CT molecular complexity index is 1130. The Morgan fingerprint density at radius 3 is 2.54 bits per heavy atom. The van der Waals surface area contributed by atoms with Gasteiger partial charge in [0.1, 0.15) is 0 Å². The second kappa shape index (κ2) is 7.60. The Hall–Kier alpha value is -3.54. The third-order valence-corrected chi connectivity index (χ3v) is 4.69. The zero-order chi connectivity index (χ0) is 19.5. The SMILES string of the molecule is Cc1nc2ccc(C(=O)NCCc3cnn(-c4ccccc4)c3)cc2nc1C. The Labute approximate surface area is 163 Å². The molecule has 0 saturated carbocycles. The zero-order valence-corrected chi connectivity index (χ0v) is 15.9. The predicted molar refractivity (Wildman–Crippen MR) is 109 cm³/mol. The fraction of sp³-hybridized carbons (Fsp3) is 0.182. The Kier molecular flexibility index (Phi) is 4.85. The van der Waals surface area contributed by atoms with Crippen molar-refractivity contribution in [2.75, 3.05) is 6.54 Å². The number of aromatic nitrogens is 4. The van der Waals surface area contributed by atoms with E-state index < -0.39 is 0 Å². The molecule has 1 amide bonds. The van der Waals surface area contributed by atoms with Gasteiger partial charge in [-0.3, -0.25) is 4.79 Å². The molecule has 1 N–H and O–H groups in total. The topological polar surface area (TPSA) is 72.7 Å². The minimum absolute atomic E-state index is 0.114. The lowest BCUT2D eigenvalue weighted by Crippen LogP contribution is -2.25. The molecule has 0 aliphatic carbocycles. The highest BCUT2D eigenvalue weighted by molar-refractivity contribution is 5.97. The monoisotopic (exact) mass is 371 g/mol. The van der Waals surface area contributed by atoms with Crippen LogP contribution in [0.25, 0.3) is 16.7 Å². The highest BCUT2D eigenvalue weighted by Crippen LogP contribution is 2.14. The number of rotatable bonds is 5. The van der Waals surface area contributed by atoms with Crippen molar-refractivity contribution in [1.29, 1.82) is 0 Å². The number of nitrogens with one attached hydrogen (secondary N) is 1. The number of nitrogens with zero attached hydrogens (tertiary/aromatic N) is 4. The zero-order valence-electron chi connectivity index (χ0n) is 15.9. The van der Waals surface area contributed by atoms with Crippen LogP contribution in [0.15, 0.2) is 60.9 Å². The summed E-state index contributed by atoms with van der Waals surface area (Å²) < 4.78 is 1.84. The summed E-state index contributed by atoms with van der Waals surface area (Å²) in [5.74, 6) is -0.114. The van der Waals surface area contributed by atoms with E-state index >= 15 is 0 Å². The molecule has 0 bridgehead atoms. The fourth-order valence-electron chi connectivity index (χ4n) is 3.01. The van der Waals surface area contributed by atoms with Gasteiger partial charge in [0.25, 0.3) is 5.91 Å². The van der Waals surface area contributed by atoms with Crippen LogP contribution in [0.5, 0.6) is 0 Å². The average Bonchev–Trinajstić information content (AvgIpc) is 3.18. The van der Waals surface area contributed by atoms with Gasteiger partial charge >= 0.3 is 0 Å². The number of carbonyl (C=O) groups is 1. The first-order chi connectivity index (χ1) is 13.6. The molecule has 0 radical (unpaired) electrons. The van der Waals surface area contributed by atoms with Crippen molar-refractivity contribution in [3.05, 3.63) is 83.4 Å². The second-order valence-electron chi connectivity index (χ2n) is 6.73. The molecule has 2 aromatic heterocycles. The van der Waals surface area contributed by atoms with E-state index in [0.29, 0.717) is 18.5 Å². The minimum atomic E-state index is -0.114. The number of hydrogen-bond acceptors (Lipinski definition) is 4. The highest BCUT2D eigenvalue weighted by Gasteiger charge is 2.09. The quantitative estimate of drug-likeness (QED) is 0.584. The Morgan fingerprint density at radius 1 is 1.00 bits per heavy atom. The van der Waals surface area contributed by atoms with Gasteiger partial charge in [0.05, 0.1) is 34.3 Å². The molecule has 28 heavy (non-hydrogen) atoms. The predicted octanol–water partition coefficient (Wildman–Crippen LogP) is 3.40. The molecule has 0 fully saturated rings. The summed E-state index contributed by atoms with van der Waals surface area (Å²) in [6.45, 7) is 4.39. The number of hydrogen-bond donors (Lipinski definition) is 1. The summed E-state index contributed by atoms with van der Waals surface area (Å²) in [7, 11) is 0. The maximum absolute atomic E-state index is 12.5. The summed E-state index contributed by atoms with van der Waals surface area (Å²) in [5, 5.41) is 7.34. The standard InChI is InChI=1S/C22H21N5O/c1-15-16(2)26-21-12-18(8-9-20(21)25-15)22(28)23-11-10-17-13-24-27(14-17)19-6-4-3-5-7-19/h3-9,12-14H,10-11H2,1-2H3,(H,23,28). The largest absolute Gasteiger partial charge is 0.352 e. The molecule has 4 rings (SSSR count). The van der Waals surface area contributed by atoms with E-state index in [-0.39, 0.29) is 5.91 Å². The molecule has 2 aromatic carbocycles. The van der Waals surface area contributed by atoms with Gasteiger partial charge in [-0.15, -0.1) is 0 Å². The van der Waals surface area contributed by atoms with E-state index in [1.807, 2.05) is 67.3 Å². The molecule has 6 heteroatoms. The van der Waals surface area contributed by atoms with Crippen LogP contribution in [0.3, 0.4) is 0 Å². The normalized spacial score (nSPS) is 10.9. The molecule has 6 nitrogen and oxygen atoms in total. The Balaban J connectivity index is 1.39. The molecule has 2 heterocycles. The molecular weight excluding hydrogens is 350 g/mol. The summed E-state index contributed by atoms with van der Waals surface area (Å²) in [4.78, 5) is 21.5. The number of carbonyl (C=O) groups excluding carboxylic acids is 1. The van der Waals surface area contributed by atoms with Crippen LogP contribution in [0.2, 0.25) is 0 Å². The molecule has 0 spiro atoms. The van der Waals surface area contributed by atoms with Crippen molar-refractivity contribution in [2.45, 2.75) is 20.3 Å². The van der Waals surface area contributed by atoms with E-state index in [9.17, 15) is 4.79 Å². The highest BCUT2D eigenvalue weighted by atomic mass is 16.1. The molecule has 4 aromatic rings. The third-order valence-electron chi connectivity index (χ3n) is 4.69. The summed E-state index contributed by atoms with van der Waals surface area (Å²) in [6, 6.07) is 15.4. The summed E-state index contributed by atoms with van der Waals surface area (Å²) in [5.41, 5.74) is 5.99. The van der Waals surface area contributed by atoms with Gasteiger partial charge in [0, 0.05) is 18.3 Å². The van der Waals surface area contributed by atoms with Crippen LogP contribution in [-0.2, 0) is 6.42 Å². The van der Waals surface area contributed by atoms with E-state index in [1.54, 1.807) is 12.1 Å².